The minimum absolute atomic E-state index is 0.516. The van der Waals surface area contributed by atoms with E-state index < -0.39 is 0 Å². The third kappa shape index (κ3) is 5.46. The molecule has 1 atom stereocenters. The highest BCUT2D eigenvalue weighted by molar-refractivity contribution is 5.56. The molecule has 0 bridgehead atoms. The molecule has 0 spiro atoms. The summed E-state index contributed by atoms with van der Waals surface area (Å²) in [6, 6.07) is 22.4. The molecule has 186 valence electrons. The van der Waals surface area contributed by atoms with Gasteiger partial charge in [0.2, 0.25) is 0 Å². The van der Waals surface area contributed by atoms with Crippen molar-refractivity contribution in [2.75, 3.05) is 44.2 Å². The summed E-state index contributed by atoms with van der Waals surface area (Å²) in [5, 5.41) is 5.22. The van der Waals surface area contributed by atoms with Crippen LogP contribution < -0.4 is 4.90 Å². The number of hydrogen-bond donors (Lipinski definition) is 0. The summed E-state index contributed by atoms with van der Waals surface area (Å²) in [6.07, 6.45) is 3.60. The van der Waals surface area contributed by atoms with Gasteiger partial charge in [-0.1, -0.05) is 69.3 Å². The molecule has 1 aliphatic carbocycles. The first-order valence-electron chi connectivity index (χ1n) is 13.6. The summed E-state index contributed by atoms with van der Waals surface area (Å²) in [5.41, 5.74) is 5.29. The molecule has 5 nitrogen and oxygen atoms in total. The highest BCUT2D eigenvalue weighted by Crippen LogP contribution is 2.35. The van der Waals surface area contributed by atoms with Crippen LogP contribution in [0.25, 0.3) is 5.69 Å². The highest BCUT2D eigenvalue weighted by atomic mass is 15.4. The molecule has 0 N–H and O–H groups in total. The lowest BCUT2D eigenvalue weighted by Crippen LogP contribution is -2.47. The van der Waals surface area contributed by atoms with Crippen molar-refractivity contribution < 1.29 is 0 Å². The zero-order chi connectivity index (χ0) is 24.2. The second kappa shape index (κ2) is 11.0. The lowest BCUT2D eigenvalue weighted by molar-refractivity contribution is 0.240. The third-order valence-corrected chi connectivity index (χ3v) is 7.80. The Balaban J connectivity index is 1.48. The Kier molecular flexibility index (Phi) is 7.54. The SMILES string of the molecule is CCc1nn(-c2ccccc2)c(N2CCN(CC)CC2)c1CN(CC(C)c1ccccc1)C1CC1. The van der Waals surface area contributed by atoms with E-state index in [1.165, 1.54) is 35.5 Å². The predicted octanol–water partition coefficient (Wildman–Crippen LogP) is 5.34. The van der Waals surface area contributed by atoms with Crippen LogP contribution in [-0.4, -0.2) is 64.9 Å². The van der Waals surface area contributed by atoms with Crippen molar-refractivity contribution in [3.05, 3.63) is 77.5 Å². The van der Waals surface area contributed by atoms with E-state index in [4.69, 9.17) is 5.10 Å². The van der Waals surface area contributed by atoms with Gasteiger partial charge in [-0.05, 0) is 49.4 Å². The van der Waals surface area contributed by atoms with Crippen molar-refractivity contribution in [1.29, 1.82) is 0 Å². The van der Waals surface area contributed by atoms with E-state index in [-0.39, 0.29) is 0 Å². The predicted molar refractivity (Wildman–Crippen MR) is 146 cm³/mol. The standard InChI is InChI=1S/C30H41N5/c1-4-29-28(23-34(26-16-17-26)22-24(3)25-12-8-6-9-13-25)30(33-20-18-32(5-2)19-21-33)35(31-29)27-14-10-7-11-15-27/h6-15,24,26H,4-5,16-23H2,1-3H3. The lowest BCUT2D eigenvalue weighted by Gasteiger charge is -2.36. The minimum atomic E-state index is 0.516. The maximum absolute atomic E-state index is 5.22. The van der Waals surface area contributed by atoms with Gasteiger partial charge >= 0.3 is 0 Å². The number of piperazine rings is 1. The summed E-state index contributed by atoms with van der Waals surface area (Å²) in [4.78, 5) is 7.90. The van der Waals surface area contributed by atoms with Crippen molar-refractivity contribution in [1.82, 2.24) is 19.6 Å². The van der Waals surface area contributed by atoms with Crippen molar-refractivity contribution in [3.8, 4) is 5.69 Å². The molecular formula is C30H41N5. The maximum atomic E-state index is 5.22. The Hall–Kier alpha value is -2.63. The number of para-hydroxylation sites is 1. The number of rotatable bonds is 10. The molecule has 5 heteroatoms. The lowest BCUT2D eigenvalue weighted by atomic mass is 10.00. The zero-order valence-corrected chi connectivity index (χ0v) is 21.7. The van der Waals surface area contributed by atoms with Crippen molar-refractivity contribution in [2.45, 2.75) is 58.5 Å². The first kappa shape index (κ1) is 24.1. The Labute approximate surface area is 211 Å². The summed E-state index contributed by atoms with van der Waals surface area (Å²) >= 11 is 0. The molecule has 0 radical (unpaired) electrons. The second-order valence-electron chi connectivity index (χ2n) is 10.2. The maximum Gasteiger partial charge on any atom is 0.137 e. The second-order valence-corrected chi connectivity index (χ2v) is 10.2. The van der Waals surface area contributed by atoms with Crippen molar-refractivity contribution in [2.24, 2.45) is 0 Å². The Morgan fingerprint density at radius 3 is 2.17 bits per heavy atom. The molecule has 1 unspecified atom stereocenters. The molecule has 1 saturated heterocycles. The number of hydrogen-bond acceptors (Lipinski definition) is 4. The van der Waals surface area contributed by atoms with Gasteiger partial charge in [-0.25, -0.2) is 4.68 Å². The smallest absolute Gasteiger partial charge is 0.137 e. The largest absolute Gasteiger partial charge is 0.354 e. The molecule has 2 fully saturated rings. The molecule has 1 aliphatic heterocycles. The van der Waals surface area contributed by atoms with Gasteiger partial charge in [0.1, 0.15) is 5.82 Å². The van der Waals surface area contributed by atoms with Gasteiger partial charge in [-0.15, -0.1) is 0 Å². The van der Waals surface area contributed by atoms with Crippen LogP contribution in [0.5, 0.6) is 0 Å². The van der Waals surface area contributed by atoms with E-state index in [0.29, 0.717) is 12.0 Å². The van der Waals surface area contributed by atoms with Gasteiger partial charge in [-0.2, -0.15) is 5.10 Å². The monoisotopic (exact) mass is 471 g/mol. The molecule has 2 aliphatic rings. The van der Waals surface area contributed by atoms with Gasteiger partial charge in [0.15, 0.2) is 0 Å². The van der Waals surface area contributed by atoms with Crippen LogP contribution in [0, 0.1) is 0 Å². The van der Waals surface area contributed by atoms with E-state index in [0.717, 1.165) is 57.9 Å². The van der Waals surface area contributed by atoms with Crippen molar-refractivity contribution in [3.63, 3.8) is 0 Å². The van der Waals surface area contributed by atoms with E-state index in [2.05, 4.69) is 101 Å². The van der Waals surface area contributed by atoms with Crippen LogP contribution >= 0.6 is 0 Å². The fourth-order valence-corrected chi connectivity index (χ4v) is 5.51. The normalized spacial score (nSPS) is 17.8. The Morgan fingerprint density at radius 2 is 1.57 bits per heavy atom. The molecule has 1 aromatic heterocycles. The highest BCUT2D eigenvalue weighted by Gasteiger charge is 2.33. The molecule has 5 rings (SSSR count). The number of benzene rings is 2. The first-order chi connectivity index (χ1) is 17.2. The topological polar surface area (TPSA) is 27.5 Å². The quantitative estimate of drug-likeness (QED) is 0.399. The van der Waals surface area contributed by atoms with Crippen molar-refractivity contribution >= 4 is 5.82 Å². The van der Waals surface area contributed by atoms with E-state index in [1.54, 1.807) is 0 Å². The van der Waals surface area contributed by atoms with Gasteiger partial charge in [0.05, 0.1) is 11.4 Å². The van der Waals surface area contributed by atoms with Crippen LogP contribution in [0.3, 0.4) is 0 Å². The van der Waals surface area contributed by atoms with E-state index >= 15 is 0 Å². The number of nitrogens with zero attached hydrogens (tertiary/aromatic N) is 5. The average molecular weight is 472 g/mol. The summed E-state index contributed by atoms with van der Waals surface area (Å²) < 4.78 is 2.24. The zero-order valence-electron chi connectivity index (χ0n) is 21.7. The van der Waals surface area contributed by atoms with Crippen LogP contribution in [0.2, 0.25) is 0 Å². The van der Waals surface area contributed by atoms with Crippen LogP contribution in [-0.2, 0) is 13.0 Å². The van der Waals surface area contributed by atoms with E-state index in [9.17, 15) is 0 Å². The number of aryl methyl sites for hydroxylation is 1. The fraction of sp³-hybridized carbons (Fsp3) is 0.500. The van der Waals surface area contributed by atoms with Crippen LogP contribution in [0.15, 0.2) is 60.7 Å². The molecular weight excluding hydrogens is 430 g/mol. The molecule has 1 saturated carbocycles. The van der Waals surface area contributed by atoms with Gasteiger partial charge < -0.3 is 9.80 Å². The van der Waals surface area contributed by atoms with E-state index in [1.807, 2.05) is 0 Å². The van der Waals surface area contributed by atoms with Gasteiger partial charge in [0, 0.05) is 50.9 Å². The number of aromatic nitrogens is 2. The third-order valence-electron chi connectivity index (χ3n) is 7.80. The van der Waals surface area contributed by atoms with Crippen LogP contribution in [0.1, 0.15) is 56.4 Å². The summed E-state index contributed by atoms with van der Waals surface area (Å²) in [6.45, 7) is 14.5. The van der Waals surface area contributed by atoms with Gasteiger partial charge in [-0.3, -0.25) is 4.90 Å². The molecule has 3 aromatic rings. The average Bonchev–Trinajstić information content (AvgIpc) is 3.70. The molecule has 2 heterocycles. The summed E-state index contributed by atoms with van der Waals surface area (Å²) in [5.74, 6) is 1.84. The Bertz CT molecular complexity index is 1060. The number of anilines is 1. The van der Waals surface area contributed by atoms with Gasteiger partial charge in [0.25, 0.3) is 0 Å². The summed E-state index contributed by atoms with van der Waals surface area (Å²) in [7, 11) is 0. The minimum Gasteiger partial charge on any atom is -0.354 e. The Morgan fingerprint density at radius 1 is 0.914 bits per heavy atom. The molecule has 2 aromatic carbocycles. The number of likely N-dealkylation sites (N-methyl/N-ethyl adjacent to an activating group) is 1. The molecule has 0 amide bonds. The first-order valence-corrected chi connectivity index (χ1v) is 13.6. The molecule has 35 heavy (non-hydrogen) atoms. The fourth-order valence-electron chi connectivity index (χ4n) is 5.51. The van der Waals surface area contributed by atoms with Crippen LogP contribution in [0.4, 0.5) is 5.82 Å².